The van der Waals surface area contributed by atoms with Crippen molar-refractivity contribution in [3.8, 4) is 16.9 Å². The fraction of sp³-hybridized carbons (Fsp3) is 0.188. The monoisotopic (exact) mass is 255 g/mol. The van der Waals surface area contributed by atoms with Gasteiger partial charge in [-0.05, 0) is 23.8 Å². The summed E-state index contributed by atoms with van der Waals surface area (Å²) < 4.78 is 5.34. The number of methoxy groups -OCH3 is 1. The van der Waals surface area contributed by atoms with Crippen LogP contribution < -0.4 is 4.74 Å². The Balaban J connectivity index is 2.35. The van der Waals surface area contributed by atoms with Gasteiger partial charge in [-0.1, -0.05) is 30.3 Å². The summed E-state index contributed by atoms with van der Waals surface area (Å²) in [5.41, 5.74) is 2.74. The van der Waals surface area contributed by atoms with E-state index in [2.05, 4.69) is 0 Å². The number of para-hydroxylation sites is 1. The average molecular weight is 255 g/mol. The minimum absolute atomic E-state index is 0.00609. The maximum absolute atomic E-state index is 11.8. The van der Waals surface area contributed by atoms with Crippen LogP contribution in [0.1, 0.15) is 10.4 Å². The molecule has 0 fully saturated rings. The van der Waals surface area contributed by atoms with Crippen LogP contribution in [0.4, 0.5) is 0 Å². The molecular weight excluding hydrogens is 238 g/mol. The van der Waals surface area contributed by atoms with Crippen molar-refractivity contribution in [2.75, 3.05) is 21.2 Å². The van der Waals surface area contributed by atoms with Gasteiger partial charge in [-0.25, -0.2) is 0 Å². The normalized spacial score (nSPS) is 10.1. The molecule has 98 valence electrons. The number of carbonyl (C=O) groups excluding carboxylic acids is 1. The number of rotatable bonds is 3. The van der Waals surface area contributed by atoms with E-state index in [9.17, 15) is 4.79 Å². The van der Waals surface area contributed by atoms with Crippen LogP contribution in [-0.2, 0) is 0 Å². The minimum Gasteiger partial charge on any atom is -0.496 e. The number of hydrogen-bond donors (Lipinski definition) is 0. The lowest BCUT2D eigenvalue weighted by atomic mass is 10.0. The molecule has 0 radical (unpaired) electrons. The molecule has 0 aromatic heterocycles. The zero-order valence-electron chi connectivity index (χ0n) is 11.4. The molecule has 0 atom stereocenters. The minimum atomic E-state index is 0.00609. The second-order valence-electron chi connectivity index (χ2n) is 4.48. The van der Waals surface area contributed by atoms with E-state index in [0.717, 1.165) is 16.9 Å². The fourth-order valence-electron chi connectivity index (χ4n) is 1.93. The highest BCUT2D eigenvalue weighted by molar-refractivity contribution is 5.94. The number of amides is 1. The summed E-state index contributed by atoms with van der Waals surface area (Å²) in [5, 5.41) is 0. The van der Waals surface area contributed by atoms with E-state index in [1.54, 1.807) is 26.1 Å². The van der Waals surface area contributed by atoms with Crippen LogP contribution in [0.5, 0.6) is 5.75 Å². The quantitative estimate of drug-likeness (QED) is 0.843. The zero-order chi connectivity index (χ0) is 13.8. The van der Waals surface area contributed by atoms with Gasteiger partial charge in [-0.3, -0.25) is 4.79 Å². The lowest BCUT2D eigenvalue weighted by molar-refractivity contribution is 0.0827. The van der Waals surface area contributed by atoms with Gasteiger partial charge in [0, 0.05) is 25.2 Å². The molecule has 1 amide bonds. The van der Waals surface area contributed by atoms with Crippen molar-refractivity contribution in [2.45, 2.75) is 0 Å². The number of ether oxygens (including phenoxy) is 1. The summed E-state index contributed by atoms with van der Waals surface area (Å²) in [6, 6.07) is 15.4. The standard InChI is InChI=1S/C16H17NO2/c1-17(2)16(18)13-10-8-12(9-11-13)14-6-4-5-7-15(14)19-3/h4-11H,1-3H3. The van der Waals surface area contributed by atoms with Gasteiger partial charge < -0.3 is 9.64 Å². The summed E-state index contributed by atoms with van der Waals surface area (Å²) in [6.45, 7) is 0. The van der Waals surface area contributed by atoms with Gasteiger partial charge >= 0.3 is 0 Å². The first-order chi connectivity index (χ1) is 9.13. The Morgan fingerprint density at radius 1 is 1.00 bits per heavy atom. The molecule has 0 saturated heterocycles. The van der Waals surface area contributed by atoms with E-state index in [0.29, 0.717) is 5.56 Å². The Labute approximate surface area is 113 Å². The molecule has 0 saturated carbocycles. The van der Waals surface area contributed by atoms with Crippen molar-refractivity contribution in [3.05, 3.63) is 54.1 Å². The van der Waals surface area contributed by atoms with Crippen molar-refractivity contribution in [1.29, 1.82) is 0 Å². The number of carbonyl (C=O) groups is 1. The molecule has 0 aliphatic carbocycles. The molecule has 0 spiro atoms. The summed E-state index contributed by atoms with van der Waals surface area (Å²) in [5.74, 6) is 0.834. The first-order valence-corrected chi connectivity index (χ1v) is 6.08. The molecule has 3 nitrogen and oxygen atoms in total. The number of hydrogen-bond acceptors (Lipinski definition) is 2. The van der Waals surface area contributed by atoms with Crippen molar-refractivity contribution in [2.24, 2.45) is 0 Å². The van der Waals surface area contributed by atoms with Crippen LogP contribution in [0.25, 0.3) is 11.1 Å². The van der Waals surface area contributed by atoms with Crippen molar-refractivity contribution >= 4 is 5.91 Å². The summed E-state index contributed by atoms with van der Waals surface area (Å²) >= 11 is 0. The SMILES string of the molecule is COc1ccccc1-c1ccc(C(=O)N(C)C)cc1. The molecular formula is C16H17NO2. The van der Waals surface area contributed by atoms with Gasteiger partial charge in [-0.2, -0.15) is 0 Å². The van der Waals surface area contributed by atoms with Crippen LogP contribution in [0.2, 0.25) is 0 Å². The van der Waals surface area contributed by atoms with Gasteiger partial charge in [0.15, 0.2) is 0 Å². The molecule has 0 heterocycles. The summed E-state index contributed by atoms with van der Waals surface area (Å²) in [4.78, 5) is 13.4. The van der Waals surface area contributed by atoms with E-state index < -0.39 is 0 Å². The number of nitrogens with zero attached hydrogens (tertiary/aromatic N) is 1. The van der Waals surface area contributed by atoms with E-state index in [1.807, 2.05) is 48.5 Å². The Bertz CT molecular complexity index is 574. The highest BCUT2D eigenvalue weighted by atomic mass is 16.5. The highest BCUT2D eigenvalue weighted by Crippen LogP contribution is 2.29. The maximum atomic E-state index is 11.8. The molecule has 0 unspecified atom stereocenters. The summed E-state index contributed by atoms with van der Waals surface area (Å²) in [6.07, 6.45) is 0. The van der Waals surface area contributed by atoms with Gasteiger partial charge in [0.05, 0.1) is 7.11 Å². The second-order valence-corrected chi connectivity index (χ2v) is 4.48. The largest absolute Gasteiger partial charge is 0.496 e. The third kappa shape index (κ3) is 2.76. The lowest BCUT2D eigenvalue weighted by Gasteiger charge is -2.11. The second kappa shape index (κ2) is 5.57. The molecule has 2 aromatic carbocycles. The molecule has 3 heteroatoms. The number of benzene rings is 2. The van der Waals surface area contributed by atoms with Crippen molar-refractivity contribution < 1.29 is 9.53 Å². The van der Waals surface area contributed by atoms with Crippen molar-refractivity contribution in [3.63, 3.8) is 0 Å². The van der Waals surface area contributed by atoms with Gasteiger partial charge in [0.25, 0.3) is 5.91 Å². The Morgan fingerprint density at radius 3 is 2.21 bits per heavy atom. The molecule has 19 heavy (non-hydrogen) atoms. The third-order valence-corrected chi connectivity index (χ3v) is 2.96. The third-order valence-electron chi connectivity index (χ3n) is 2.96. The van der Waals surface area contributed by atoms with Gasteiger partial charge in [0.1, 0.15) is 5.75 Å². The topological polar surface area (TPSA) is 29.5 Å². The zero-order valence-corrected chi connectivity index (χ0v) is 11.4. The molecule has 0 N–H and O–H groups in total. The van der Waals surface area contributed by atoms with Gasteiger partial charge in [0.2, 0.25) is 0 Å². The molecule has 0 bridgehead atoms. The Kier molecular flexibility index (Phi) is 3.85. The van der Waals surface area contributed by atoms with Crippen LogP contribution >= 0.6 is 0 Å². The first kappa shape index (κ1) is 13.1. The maximum Gasteiger partial charge on any atom is 0.253 e. The molecule has 2 aromatic rings. The Morgan fingerprint density at radius 2 is 1.63 bits per heavy atom. The summed E-state index contributed by atoms with van der Waals surface area (Å²) in [7, 11) is 5.15. The van der Waals surface area contributed by atoms with Crippen LogP contribution in [0.3, 0.4) is 0 Å². The Hall–Kier alpha value is -2.29. The smallest absolute Gasteiger partial charge is 0.253 e. The van der Waals surface area contributed by atoms with E-state index in [4.69, 9.17) is 4.74 Å². The predicted molar refractivity (Wildman–Crippen MR) is 76.4 cm³/mol. The van der Waals surface area contributed by atoms with Crippen molar-refractivity contribution in [1.82, 2.24) is 4.90 Å². The molecule has 0 aliphatic heterocycles. The van der Waals surface area contributed by atoms with Crippen LogP contribution in [0.15, 0.2) is 48.5 Å². The first-order valence-electron chi connectivity index (χ1n) is 6.08. The fourth-order valence-corrected chi connectivity index (χ4v) is 1.93. The molecule has 2 rings (SSSR count). The molecule has 0 aliphatic rings. The highest BCUT2D eigenvalue weighted by Gasteiger charge is 2.09. The van der Waals surface area contributed by atoms with E-state index in [1.165, 1.54) is 0 Å². The lowest BCUT2D eigenvalue weighted by Crippen LogP contribution is -2.21. The predicted octanol–water partition coefficient (Wildman–Crippen LogP) is 3.06. The van der Waals surface area contributed by atoms with Crippen LogP contribution in [-0.4, -0.2) is 32.0 Å². The van der Waals surface area contributed by atoms with E-state index in [-0.39, 0.29) is 5.91 Å². The van der Waals surface area contributed by atoms with Crippen LogP contribution in [0, 0.1) is 0 Å². The average Bonchev–Trinajstić information content (AvgIpc) is 2.46. The van der Waals surface area contributed by atoms with E-state index >= 15 is 0 Å². The van der Waals surface area contributed by atoms with Gasteiger partial charge in [-0.15, -0.1) is 0 Å².